The summed E-state index contributed by atoms with van der Waals surface area (Å²) >= 11 is 5.97. The molecule has 2 nitrogen and oxygen atoms in total. The molecule has 3 heteroatoms. The van der Waals surface area contributed by atoms with Crippen LogP contribution in [0.3, 0.4) is 0 Å². The van der Waals surface area contributed by atoms with E-state index in [1.807, 2.05) is 12.1 Å². The van der Waals surface area contributed by atoms with E-state index in [4.69, 9.17) is 16.3 Å². The van der Waals surface area contributed by atoms with Gasteiger partial charge in [0, 0.05) is 11.6 Å². The van der Waals surface area contributed by atoms with Crippen LogP contribution >= 0.6 is 11.6 Å². The Morgan fingerprint density at radius 2 is 1.80 bits per heavy atom. The maximum atomic E-state index is 10.7. The highest BCUT2D eigenvalue weighted by Gasteiger charge is 2.03. The Kier molecular flexibility index (Phi) is 5.19. The van der Waals surface area contributed by atoms with Crippen molar-refractivity contribution in [3.8, 4) is 11.5 Å². The molecule has 0 bridgehead atoms. The van der Waals surface area contributed by atoms with Crippen molar-refractivity contribution in [2.24, 2.45) is 0 Å². The van der Waals surface area contributed by atoms with Gasteiger partial charge in [0.25, 0.3) is 0 Å². The van der Waals surface area contributed by atoms with E-state index in [0.29, 0.717) is 16.3 Å². The lowest BCUT2D eigenvalue weighted by molar-refractivity contribution is 0.112. The summed E-state index contributed by atoms with van der Waals surface area (Å²) in [5.41, 5.74) is 1.78. The summed E-state index contributed by atoms with van der Waals surface area (Å²) in [5.74, 6) is 1.39. The molecule has 2 aromatic rings. The number of ether oxygens (including phenoxy) is 1. The van der Waals surface area contributed by atoms with Crippen molar-refractivity contribution in [2.75, 3.05) is 0 Å². The van der Waals surface area contributed by atoms with Gasteiger partial charge in [0.05, 0.1) is 5.02 Å². The first-order valence-corrected chi connectivity index (χ1v) is 7.12. The molecule has 0 unspecified atom stereocenters. The third-order valence-corrected chi connectivity index (χ3v) is 3.40. The van der Waals surface area contributed by atoms with Crippen LogP contribution in [0, 0.1) is 0 Å². The zero-order valence-electron chi connectivity index (χ0n) is 11.4. The molecule has 0 N–H and O–H groups in total. The highest BCUT2D eigenvalue weighted by atomic mass is 35.5. The topological polar surface area (TPSA) is 26.3 Å². The van der Waals surface area contributed by atoms with E-state index in [9.17, 15) is 4.79 Å². The molecule has 0 fully saturated rings. The third-order valence-electron chi connectivity index (χ3n) is 3.08. The van der Waals surface area contributed by atoms with Gasteiger partial charge in [-0.1, -0.05) is 37.1 Å². The minimum Gasteiger partial charge on any atom is -0.457 e. The van der Waals surface area contributed by atoms with E-state index >= 15 is 0 Å². The number of hydrogen-bond donors (Lipinski definition) is 0. The van der Waals surface area contributed by atoms with Crippen molar-refractivity contribution in [1.82, 2.24) is 0 Å². The summed E-state index contributed by atoms with van der Waals surface area (Å²) in [6.45, 7) is 2.18. The SMILES string of the molecule is CCCCc1ccc(Oc2ccc(C=O)c(Cl)c2)cc1. The molecule has 0 aromatic heterocycles. The molecular formula is C17H17ClO2. The summed E-state index contributed by atoms with van der Waals surface area (Å²) < 4.78 is 5.72. The van der Waals surface area contributed by atoms with Gasteiger partial charge in [-0.05, 0) is 42.7 Å². The van der Waals surface area contributed by atoms with Gasteiger partial charge in [0.1, 0.15) is 11.5 Å². The van der Waals surface area contributed by atoms with Crippen molar-refractivity contribution in [3.63, 3.8) is 0 Å². The van der Waals surface area contributed by atoms with Gasteiger partial charge in [0.15, 0.2) is 6.29 Å². The van der Waals surface area contributed by atoms with Crippen LogP contribution in [0.2, 0.25) is 5.02 Å². The van der Waals surface area contributed by atoms with Crippen molar-refractivity contribution in [2.45, 2.75) is 26.2 Å². The molecule has 2 aromatic carbocycles. The average Bonchev–Trinajstić information content (AvgIpc) is 2.47. The zero-order valence-corrected chi connectivity index (χ0v) is 12.2. The van der Waals surface area contributed by atoms with Gasteiger partial charge in [0.2, 0.25) is 0 Å². The maximum Gasteiger partial charge on any atom is 0.151 e. The lowest BCUT2D eigenvalue weighted by Gasteiger charge is -2.08. The Labute approximate surface area is 124 Å². The first kappa shape index (κ1) is 14.6. The monoisotopic (exact) mass is 288 g/mol. The Morgan fingerprint density at radius 1 is 1.10 bits per heavy atom. The minimum absolute atomic E-state index is 0.400. The zero-order chi connectivity index (χ0) is 14.4. The van der Waals surface area contributed by atoms with Crippen LogP contribution in [0.25, 0.3) is 0 Å². The van der Waals surface area contributed by atoms with Crippen LogP contribution in [0.1, 0.15) is 35.7 Å². The van der Waals surface area contributed by atoms with Crippen molar-refractivity contribution in [3.05, 3.63) is 58.6 Å². The summed E-state index contributed by atoms with van der Waals surface area (Å²) in [6.07, 6.45) is 4.22. The Morgan fingerprint density at radius 3 is 2.40 bits per heavy atom. The highest BCUT2D eigenvalue weighted by Crippen LogP contribution is 2.26. The number of unbranched alkanes of at least 4 members (excludes halogenated alkanes) is 1. The predicted octanol–water partition coefficient (Wildman–Crippen LogP) is 5.29. The molecule has 20 heavy (non-hydrogen) atoms. The van der Waals surface area contributed by atoms with Crippen LogP contribution in [-0.2, 0) is 6.42 Å². The van der Waals surface area contributed by atoms with Crippen LogP contribution in [0.15, 0.2) is 42.5 Å². The molecule has 104 valence electrons. The van der Waals surface area contributed by atoms with Crippen LogP contribution in [0.4, 0.5) is 0 Å². The minimum atomic E-state index is 0.400. The molecule has 2 rings (SSSR count). The quantitative estimate of drug-likeness (QED) is 0.675. The molecule has 0 spiro atoms. The second-order valence-corrected chi connectivity index (χ2v) is 5.06. The second kappa shape index (κ2) is 7.11. The Hall–Kier alpha value is -1.80. The number of aldehydes is 1. The van der Waals surface area contributed by atoms with E-state index in [2.05, 4.69) is 19.1 Å². The fourth-order valence-electron chi connectivity index (χ4n) is 1.91. The van der Waals surface area contributed by atoms with Crippen LogP contribution in [-0.4, -0.2) is 6.29 Å². The number of halogens is 1. The maximum absolute atomic E-state index is 10.7. The van der Waals surface area contributed by atoms with E-state index in [1.165, 1.54) is 18.4 Å². The number of rotatable bonds is 6. The summed E-state index contributed by atoms with van der Waals surface area (Å²) in [6, 6.07) is 13.1. The summed E-state index contributed by atoms with van der Waals surface area (Å²) in [4.78, 5) is 10.7. The molecule has 0 radical (unpaired) electrons. The summed E-state index contributed by atoms with van der Waals surface area (Å²) in [5, 5.41) is 0.400. The highest BCUT2D eigenvalue weighted by molar-refractivity contribution is 6.33. The number of carbonyl (C=O) groups excluding carboxylic acids is 1. The van der Waals surface area contributed by atoms with E-state index < -0.39 is 0 Å². The molecular weight excluding hydrogens is 272 g/mol. The molecule has 0 saturated carbocycles. The van der Waals surface area contributed by atoms with Gasteiger partial charge < -0.3 is 4.74 Å². The van der Waals surface area contributed by atoms with Crippen LogP contribution < -0.4 is 4.74 Å². The van der Waals surface area contributed by atoms with Gasteiger partial charge in [-0.25, -0.2) is 0 Å². The largest absolute Gasteiger partial charge is 0.457 e. The normalized spacial score (nSPS) is 10.3. The average molecular weight is 289 g/mol. The molecule has 0 atom stereocenters. The van der Waals surface area contributed by atoms with Crippen LogP contribution in [0.5, 0.6) is 11.5 Å². The Balaban J connectivity index is 2.06. The lowest BCUT2D eigenvalue weighted by atomic mass is 10.1. The molecule has 0 saturated heterocycles. The van der Waals surface area contributed by atoms with E-state index in [-0.39, 0.29) is 0 Å². The first-order valence-electron chi connectivity index (χ1n) is 6.74. The van der Waals surface area contributed by atoms with Gasteiger partial charge in [-0.3, -0.25) is 4.79 Å². The standard InChI is InChI=1S/C17H17ClO2/c1-2-3-4-13-5-8-15(9-6-13)20-16-10-7-14(12-19)17(18)11-16/h5-12H,2-4H2,1H3. The predicted molar refractivity (Wildman–Crippen MR) is 82.0 cm³/mol. The van der Waals surface area contributed by atoms with Gasteiger partial charge >= 0.3 is 0 Å². The van der Waals surface area contributed by atoms with E-state index in [0.717, 1.165) is 18.5 Å². The van der Waals surface area contributed by atoms with E-state index in [1.54, 1.807) is 18.2 Å². The number of hydrogen-bond acceptors (Lipinski definition) is 2. The smallest absolute Gasteiger partial charge is 0.151 e. The first-order chi connectivity index (χ1) is 9.72. The molecule has 0 amide bonds. The van der Waals surface area contributed by atoms with Crippen molar-refractivity contribution >= 4 is 17.9 Å². The molecule has 0 heterocycles. The van der Waals surface area contributed by atoms with Gasteiger partial charge in [-0.15, -0.1) is 0 Å². The third kappa shape index (κ3) is 3.84. The fourth-order valence-corrected chi connectivity index (χ4v) is 2.12. The Bertz CT molecular complexity index is 576. The molecule has 0 aliphatic rings. The summed E-state index contributed by atoms with van der Waals surface area (Å²) in [7, 11) is 0. The van der Waals surface area contributed by atoms with Gasteiger partial charge in [-0.2, -0.15) is 0 Å². The lowest BCUT2D eigenvalue weighted by Crippen LogP contribution is -1.88. The fraction of sp³-hybridized carbons (Fsp3) is 0.235. The number of benzene rings is 2. The number of aryl methyl sites for hydroxylation is 1. The number of carbonyl (C=O) groups is 1. The van der Waals surface area contributed by atoms with Crippen molar-refractivity contribution < 1.29 is 9.53 Å². The molecule has 0 aliphatic carbocycles. The molecule has 0 aliphatic heterocycles. The second-order valence-electron chi connectivity index (χ2n) is 4.65. The van der Waals surface area contributed by atoms with Crippen molar-refractivity contribution in [1.29, 1.82) is 0 Å².